The second-order valence-electron chi connectivity index (χ2n) is 8.51. The minimum Gasteiger partial charge on any atom is -0.448 e. The summed E-state index contributed by atoms with van der Waals surface area (Å²) in [4.78, 5) is 27.9. The van der Waals surface area contributed by atoms with Crippen molar-refractivity contribution in [2.75, 3.05) is 4.90 Å². The smallest absolute Gasteiger partial charge is 0.313 e. The highest BCUT2D eigenvalue weighted by Crippen LogP contribution is 2.66. The van der Waals surface area contributed by atoms with E-state index in [0.29, 0.717) is 12.8 Å². The highest BCUT2D eigenvalue weighted by molar-refractivity contribution is 6.05. The van der Waals surface area contributed by atoms with Gasteiger partial charge in [0.15, 0.2) is 5.60 Å². The Hall–Kier alpha value is -1.91. The Labute approximate surface area is 147 Å². The lowest BCUT2D eigenvalue weighted by Crippen LogP contribution is -2.58. The van der Waals surface area contributed by atoms with E-state index in [0.717, 1.165) is 24.1 Å². The lowest BCUT2D eigenvalue weighted by molar-refractivity contribution is -0.167. The van der Waals surface area contributed by atoms with Gasteiger partial charge in [0.25, 0.3) is 5.91 Å². The van der Waals surface area contributed by atoms with Crippen LogP contribution in [-0.2, 0) is 20.7 Å². The molecular formula is C20H24FNO3. The van der Waals surface area contributed by atoms with Gasteiger partial charge in [-0.2, -0.15) is 0 Å². The molecule has 1 saturated carbocycles. The molecule has 1 aromatic carbocycles. The molecule has 3 atom stereocenters. The summed E-state index contributed by atoms with van der Waals surface area (Å²) in [6, 6.07) is 4.55. The standard InChI is InChI=1S/C20H24FNO3/c1-12-5-6-13-11-14(21)7-8-15(13)22(12)16(23)20-10-9-19(4,17(24)25-20)18(20,2)3/h7-8,11-12H,5-6,9-10H2,1-4H3/t12-,19+,20-/m0/s1. The molecule has 134 valence electrons. The van der Waals surface area contributed by atoms with E-state index in [1.54, 1.807) is 11.0 Å². The van der Waals surface area contributed by atoms with Crippen molar-refractivity contribution in [2.45, 2.75) is 65.0 Å². The molecular weight excluding hydrogens is 321 g/mol. The first-order chi connectivity index (χ1) is 11.6. The van der Waals surface area contributed by atoms with Gasteiger partial charge < -0.3 is 9.64 Å². The molecule has 2 aliphatic heterocycles. The van der Waals surface area contributed by atoms with E-state index in [-0.39, 0.29) is 23.7 Å². The number of benzene rings is 1. The van der Waals surface area contributed by atoms with Gasteiger partial charge in [0.2, 0.25) is 0 Å². The van der Waals surface area contributed by atoms with Crippen molar-refractivity contribution in [3.05, 3.63) is 29.6 Å². The minimum absolute atomic E-state index is 0.0122. The summed E-state index contributed by atoms with van der Waals surface area (Å²) in [7, 11) is 0. The van der Waals surface area contributed by atoms with Crippen LogP contribution in [0.3, 0.4) is 0 Å². The van der Waals surface area contributed by atoms with E-state index >= 15 is 0 Å². The molecule has 1 amide bonds. The maximum atomic E-state index is 13.7. The number of halogens is 1. The third kappa shape index (κ3) is 1.81. The first-order valence-electron chi connectivity index (χ1n) is 9.00. The zero-order chi connectivity index (χ0) is 18.2. The number of hydrogen-bond acceptors (Lipinski definition) is 3. The number of nitrogens with zero attached hydrogens (tertiary/aromatic N) is 1. The number of aryl methyl sites for hydroxylation is 1. The van der Waals surface area contributed by atoms with Gasteiger partial charge in [-0.05, 0) is 63.3 Å². The van der Waals surface area contributed by atoms with Crippen LogP contribution in [0.5, 0.6) is 0 Å². The third-order valence-corrected chi connectivity index (χ3v) is 7.22. The van der Waals surface area contributed by atoms with E-state index < -0.39 is 16.4 Å². The molecule has 0 spiro atoms. The van der Waals surface area contributed by atoms with Crippen molar-refractivity contribution in [3.63, 3.8) is 0 Å². The van der Waals surface area contributed by atoms with Crippen molar-refractivity contribution < 1.29 is 18.7 Å². The molecule has 3 aliphatic rings. The predicted octanol–water partition coefficient (Wildman–Crippen LogP) is 3.62. The number of ether oxygens (including phenoxy) is 1. The van der Waals surface area contributed by atoms with Crippen LogP contribution in [0.4, 0.5) is 10.1 Å². The van der Waals surface area contributed by atoms with Crippen molar-refractivity contribution in [2.24, 2.45) is 10.8 Å². The lowest BCUT2D eigenvalue weighted by Gasteiger charge is -2.43. The second kappa shape index (κ2) is 4.83. The Morgan fingerprint density at radius 3 is 2.60 bits per heavy atom. The van der Waals surface area contributed by atoms with Crippen LogP contribution in [0.25, 0.3) is 0 Å². The van der Waals surface area contributed by atoms with E-state index in [9.17, 15) is 14.0 Å². The van der Waals surface area contributed by atoms with Crippen LogP contribution < -0.4 is 4.90 Å². The number of rotatable bonds is 1. The normalized spacial score (nSPS) is 35.5. The average molecular weight is 345 g/mol. The van der Waals surface area contributed by atoms with E-state index in [4.69, 9.17) is 4.74 Å². The molecule has 1 aromatic rings. The fraction of sp³-hybridized carbons (Fsp3) is 0.600. The number of carbonyl (C=O) groups excluding carboxylic acids is 2. The van der Waals surface area contributed by atoms with Crippen molar-refractivity contribution in [1.29, 1.82) is 0 Å². The SMILES string of the molecule is C[C@H]1CCc2cc(F)ccc2N1C(=O)[C@]12CC[C@](C)(C(=O)O1)C2(C)C. The first-order valence-corrected chi connectivity index (χ1v) is 9.00. The van der Waals surface area contributed by atoms with E-state index in [1.165, 1.54) is 12.1 Å². The first kappa shape index (κ1) is 16.6. The van der Waals surface area contributed by atoms with Gasteiger partial charge in [0.05, 0.1) is 5.41 Å². The largest absolute Gasteiger partial charge is 0.448 e. The Morgan fingerprint density at radius 1 is 1.28 bits per heavy atom. The quantitative estimate of drug-likeness (QED) is 0.731. The van der Waals surface area contributed by atoms with Crippen molar-refractivity contribution in [3.8, 4) is 0 Å². The van der Waals surface area contributed by atoms with Crippen LogP contribution >= 0.6 is 0 Å². The molecule has 2 fully saturated rings. The average Bonchev–Trinajstić information content (AvgIpc) is 2.85. The number of amides is 1. The van der Waals surface area contributed by atoms with E-state index in [1.807, 2.05) is 27.7 Å². The van der Waals surface area contributed by atoms with Crippen molar-refractivity contribution >= 4 is 17.6 Å². The van der Waals surface area contributed by atoms with Gasteiger partial charge in [-0.3, -0.25) is 9.59 Å². The summed E-state index contributed by atoms with van der Waals surface area (Å²) in [5, 5.41) is 0. The van der Waals surface area contributed by atoms with Gasteiger partial charge in [0, 0.05) is 17.1 Å². The number of anilines is 1. The summed E-state index contributed by atoms with van der Waals surface area (Å²) in [6.45, 7) is 7.82. The predicted molar refractivity (Wildman–Crippen MR) is 91.6 cm³/mol. The Balaban J connectivity index is 1.81. The van der Waals surface area contributed by atoms with Crippen LogP contribution in [0.15, 0.2) is 18.2 Å². The van der Waals surface area contributed by atoms with Crippen molar-refractivity contribution in [1.82, 2.24) is 0 Å². The Morgan fingerprint density at radius 2 is 2.00 bits per heavy atom. The molecule has 25 heavy (non-hydrogen) atoms. The minimum atomic E-state index is -1.13. The summed E-state index contributed by atoms with van der Waals surface area (Å²) in [6.07, 6.45) is 2.71. The van der Waals surface area contributed by atoms with Gasteiger partial charge in [0.1, 0.15) is 5.82 Å². The number of esters is 1. The monoisotopic (exact) mass is 345 g/mol. The zero-order valence-electron chi connectivity index (χ0n) is 15.2. The van der Waals surface area contributed by atoms with Crippen LogP contribution in [0.2, 0.25) is 0 Å². The molecule has 0 aromatic heterocycles. The van der Waals surface area contributed by atoms with E-state index in [2.05, 4.69) is 0 Å². The maximum absolute atomic E-state index is 13.7. The molecule has 1 saturated heterocycles. The molecule has 4 rings (SSSR count). The number of carbonyl (C=O) groups is 2. The zero-order valence-corrected chi connectivity index (χ0v) is 15.2. The summed E-state index contributed by atoms with van der Waals surface area (Å²) >= 11 is 0. The summed E-state index contributed by atoms with van der Waals surface area (Å²) in [5.41, 5.74) is -0.757. The highest BCUT2D eigenvalue weighted by Gasteiger charge is 2.76. The molecule has 2 bridgehead atoms. The Bertz CT molecular complexity index is 789. The Kier molecular flexibility index (Phi) is 3.20. The van der Waals surface area contributed by atoms with Gasteiger partial charge >= 0.3 is 5.97 Å². The maximum Gasteiger partial charge on any atom is 0.313 e. The fourth-order valence-corrected chi connectivity index (χ4v) is 4.95. The molecule has 5 heteroatoms. The third-order valence-electron chi connectivity index (χ3n) is 7.22. The molecule has 2 heterocycles. The molecule has 4 nitrogen and oxygen atoms in total. The summed E-state index contributed by atoms with van der Waals surface area (Å²) < 4.78 is 19.4. The van der Waals surface area contributed by atoms with Gasteiger partial charge in [-0.15, -0.1) is 0 Å². The van der Waals surface area contributed by atoms with Gasteiger partial charge in [-0.1, -0.05) is 13.8 Å². The topological polar surface area (TPSA) is 46.6 Å². The number of fused-ring (bicyclic) bond motifs is 3. The van der Waals surface area contributed by atoms with Crippen LogP contribution in [-0.4, -0.2) is 23.5 Å². The lowest BCUT2D eigenvalue weighted by atomic mass is 9.66. The van der Waals surface area contributed by atoms with Crippen LogP contribution in [0.1, 0.15) is 52.5 Å². The summed E-state index contributed by atoms with van der Waals surface area (Å²) in [5.74, 6) is -0.729. The fourth-order valence-electron chi connectivity index (χ4n) is 4.95. The van der Waals surface area contributed by atoms with Crippen LogP contribution in [0, 0.1) is 16.6 Å². The van der Waals surface area contributed by atoms with Gasteiger partial charge in [-0.25, -0.2) is 4.39 Å². The molecule has 0 unspecified atom stereocenters. The second-order valence-corrected chi connectivity index (χ2v) is 8.51. The highest BCUT2D eigenvalue weighted by atomic mass is 19.1. The number of hydrogen-bond donors (Lipinski definition) is 0. The molecule has 0 N–H and O–H groups in total. The molecule has 0 radical (unpaired) electrons. The molecule has 1 aliphatic carbocycles.